The first kappa shape index (κ1) is 17.9. The third-order valence-corrected chi connectivity index (χ3v) is 3.08. The minimum Gasteiger partial charge on any atom is -0.490 e. The summed E-state index contributed by atoms with van der Waals surface area (Å²) >= 11 is 0. The van der Waals surface area contributed by atoms with E-state index in [-0.39, 0.29) is 12.4 Å². The minimum atomic E-state index is -1.07. The summed E-state index contributed by atoms with van der Waals surface area (Å²) in [5.74, 6) is -0.630. The molecule has 0 aliphatic carbocycles. The molecule has 2 rings (SSSR count). The smallest absolute Gasteiger partial charge is 0.326 e. The van der Waals surface area contributed by atoms with Crippen LogP contribution in [0.1, 0.15) is 13.0 Å². The maximum absolute atomic E-state index is 12.3. The van der Waals surface area contributed by atoms with Gasteiger partial charge in [-0.3, -0.25) is 9.78 Å². The highest BCUT2D eigenvalue weighted by Gasteiger charge is 2.16. The van der Waals surface area contributed by atoms with E-state index in [2.05, 4.69) is 4.98 Å². The molecule has 2 aromatic rings. The van der Waals surface area contributed by atoms with Gasteiger partial charge >= 0.3 is 5.97 Å². The molecule has 0 radical (unpaired) electrons. The Bertz CT molecular complexity index is 716. The van der Waals surface area contributed by atoms with E-state index in [0.29, 0.717) is 29.9 Å². The van der Waals surface area contributed by atoms with Crippen molar-refractivity contribution in [3.05, 3.63) is 34.9 Å². The zero-order chi connectivity index (χ0) is 15.4. The van der Waals surface area contributed by atoms with E-state index < -0.39 is 17.6 Å². The number of carbonyl (C=O) groups is 1. The summed E-state index contributed by atoms with van der Waals surface area (Å²) < 4.78 is 11.4. The lowest BCUT2D eigenvalue weighted by Gasteiger charge is -2.11. The lowest BCUT2D eigenvalue weighted by Crippen LogP contribution is -2.27. The van der Waals surface area contributed by atoms with Gasteiger partial charge in [0.05, 0.1) is 23.7 Å². The highest BCUT2D eigenvalue weighted by molar-refractivity contribution is 5.85. The second-order valence-corrected chi connectivity index (χ2v) is 4.49. The number of aromatic nitrogens is 2. The van der Waals surface area contributed by atoms with Gasteiger partial charge in [-0.1, -0.05) is 0 Å². The van der Waals surface area contributed by atoms with Crippen LogP contribution in [0.4, 0.5) is 0 Å². The molecule has 0 fully saturated rings. The second-order valence-electron chi connectivity index (χ2n) is 4.49. The van der Waals surface area contributed by atoms with E-state index in [9.17, 15) is 9.59 Å². The summed E-state index contributed by atoms with van der Waals surface area (Å²) in [6.07, 6.45) is 2.95. The van der Waals surface area contributed by atoms with Crippen molar-refractivity contribution in [1.29, 1.82) is 0 Å². The van der Waals surface area contributed by atoms with Crippen molar-refractivity contribution < 1.29 is 19.4 Å². The van der Waals surface area contributed by atoms with Gasteiger partial charge in [-0.25, -0.2) is 4.79 Å². The first-order chi connectivity index (χ1) is 10.0. The molecule has 2 aromatic heterocycles. The van der Waals surface area contributed by atoms with Crippen LogP contribution in [0, 0.1) is 0 Å². The van der Waals surface area contributed by atoms with Crippen molar-refractivity contribution in [2.45, 2.75) is 13.0 Å². The van der Waals surface area contributed by atoms with Crippen LogP contribution < -0.4 is 10.3 Å². The summed E-state index contributed by atoms with van der Waals surface area (Å²) in [6, 6.07) is 2.22. The molecule has 120 valence electrons. The van der Waals surface area contributed by atoms with Gasteiger partial charge in [-0.2, -0.15) is 0 Å². The van der Waals surface area contributed by atoms with Gasteiger partial charge in [0.1, 0.15) is 18.4 Å². The summed E-state index contributed by atoms with van der Waals surface area (Å²) in [6.45, 7) is 2.21. The standard InChI is InChI=1S/C14H16N2O5.ClH/c1-9(14(18)19)16-4-3-12-11(13(16)17)7-10(8-15-12)21-6-5-20-2;/h3-4,7-9H,5-6H2,1-2H3,(H,18,19);1H. The Labute approximate surface area is 132 Å². The van der Waals surface area contributed by atoms with Gasteiger partial charge in [0.2, 0.25) is 0 Å². The van der Waals surface area contributed by atoms with E-state index >= 15 is 0 Å². The maximum Gasteiger partial charge on any atom is 0.326 e. The third-order valence-electron chi connectivity index (χ3n) is 3.08. The fourth-order valence-electron chi connectivity index (χ4n) is 1.86. The van der Waals surface area contributed by atoms with Crippen LogP contribution in [0.5, 0.6) is 5.75 Å². The first-order valence-corrected chi connectivity index (χ1v) is 6.40. The molecule has 0 saturated carbocycles. The molecular formula is C14H17ClN2O5. The van der Waals surface area contributed by atoms with Crippen LogP contribution in [-0.2, 0) is 9.53 Å². The number of ether oxygens (including phenoxy) is 2. The summed E-state index contributed by atoms with van der Waals surface area (Å²) in [5, 5.41) is 9.34. The lowest BCUT2D eigenvalue weighted by molar-refractivity contribution is -0.140. The SMILES string of the molecule is COCCOc1cnc2ccn(C(C)C(=O)O)c(=O)c2c1.Cl. The van der Waals surface area contributed by atoms with E-state index in [4.69, 9.17) is 14.6 Å². The molecule has 0 aliphatic heterocycles. The summed E-state index contributed by atoms with van der Waals surface area (Å²) in [7, 11) is 1.56. The van der Waals surface area contributed by atoms with Crippen molar-refractivity contribution >= 4 is 29.3 Å². The Morgan fingerprint density at radius 2 is 2.18 bits per heavy atom. The monoisotopic (exact) mass is 328 g/mol. The Morgan fingerprint density at radius 3 is 2.82 bits per heavy atom. The number of nitrogens with zero attached hydrogens (tertiary/aromatic N) is 2. The Hall–Kier alpha value is -2.12. The average Bonchev–Trinajstić information content (AvgIpc) is 2.47. The molecule has 22 heavy (non-hydrogen) atoms. The number of rotatable bonds is 6. The van der Waals surface area contributed by atoms with Crippen LogP contribution in [0.3, 0.4) is 0 Å². The van der Waals surface area contributed by atoms with Crippen molar-refractivity contribution in [2.24, 2.45) is 0 Å². The van der Waals surface area contributed by atoms with Gasteiger partial charge in [-0.15, -0.1) is 12.4 Å². The van der Waals surface area contributed by atoms with Crippen molar-refractivity contribution in [3.63, 3.8) is 0 Å². The average molecular weight is 329 g/mol. The number of hydrogen-bond acceptors (Lipinski definition) is 5. The zero-order valence-electron chi connectivity index (χ0n) is 12.2. The fraction of sp³-hybridized carbons (Fsp3) is 0.357. The summed E-state index contributed by atoms with van der Waals surface area (Å²) in [5.41, 5.74) is 0.0834. The molecule has 7 nitrogen and oxygen atoms in total. The van der Waals surface area contributed by atoms with E-state index in [1.165, 1.54) is 19.3 Å². The zero-order valence-corrected chi connectivity index (χ0v) is 13.0. The second kappa shape index (κ2) is 7.77. The van der Waals surface area contributed by atoms with Crippen LogP contribution in [0.25, 0.3) is 10.9 Å². The Morgan fingerprint density at radius 1 is 1.45 bits per heavy atom. The molecule has 1 unspecified atom stereocenters. The predicted molar refractivity (Wildman–Crippen MR) is 83.0 cm³/mol. The van der Waals surface area contributed by atoms with Crippen molar-refractivity contribution in [1.82, 2.24) is 9.55 Å². The molecule has 0 amide bonds. The van der Waals surface area contributed by atoms with Crippen LogP contribution >= 0.6 is 12.4 Å². The van der Waals surface area contributed by atoms with Crippen LogP contribution in [0.2, 0.25) is 0 Å². The normalized spacial score (nSPS) is 11.7. The van der Waals surface area contributed by atoms with Gasteiger partial charge in [0, 0.05) is 13.3 Å². The number of pyridine rings is 2. The third kappa shape index (κ3) is 3.75. The highest BCUT2D eigenvalue weighted by atomic mass is 35.5. The quantitative estimate of drug-likeness (QED) is 0.808. The lowest BCUT2D eigenvalue weighted by atomic mass is 10.2. The Balaban J connectivity index is 0.00000242. The maximum atomic E-state index is 12.3. The molecular weight excluding hydrogens is 312 g/mol. The van der Waals surface area contributed by atoms with Gasteiger partial charge in [0.25, 0.3) is 5.56 Å². The number of carboxylic acid groups (broad SMARTS) is 1. The largest absolute Gasteiger partial charge is 0.490 e. The van der Waals surface area contributed by atoms with E-state index in [1.54, 1.807) is 19.2 Å². The number of fused-ring (bicyclic) bond motifs is 1. The van der Waals surface area contributed by atoms with E-state index in [1.807, 2.05) is 0 Å². The first-order valence-electron chi connectivity index (χ1n) is 6.40. The van der Waals surface area contributed by atoms with E-state index in [0.717, 1.165) is 4.57 Å². The molecule has 8 heteroatoms. The summed E-state index contributed by atoms with van der Waals surface area (Å²) in [4.78, 5) is 27.5. The molecule has 0 spiro atoms. The van der Waals surface area contributed by atoms with Crippen LogP contribution in [0.15, 0.2) is 29.3 Å². The molecule has 0 aromatic carbocycles. The van der Waals surface area contributed by atoms with Crippen molar-refractivity contribution in [3.8, 4) is 5.75 Å². The van der Waals surface area contributed by atoms with Crippen LogP contribution in [-0.4, -0.2) is 41.0 Å². The number of aliphatic carboxylic acids is 1. The Kier molecular flexibility index (Phi) is 6.33. The molecule has 1 atom stereocenters. The van der Waals surface area contributed by atoms with Gasteiger partial charge in [-0.05, 0) is 19.1 Å². The molecule has 0 aliphatic rings. The number of carboxylic acids is 1. The predicted octanol–water partition coefficient (Wildman–Crippen LogP) is 1.49. The molecule has 1 N–H and O–H groups in total. The molecule has 0 saturated heterocycles. The van der Waals surface area contributed by atoms with Gasteiger partial charge < -0.3 is 19.1 Å². The minimum absolute atomic E-state index is 0. The number of hydrogen-bond donors (Lipinski definition) is 1. The fourth-order valence-corrected chi connectivity index (χ4v) is 1.86. The number of methoxy groups -OCH3 is 1. The van der Waals surface area contributed by atoms with Gasteiger partial charge in [0.15, 0.2) is 0 Å². The molecule has 0 bridgehead atoms. The number of halogens is 1. The topological polar surface area (TPSA) is 90.7 Å². The highest BCUT2D eigenvalue weighted by Crippen LogP contribution is 2.16. The van der Waals surface area contributed by atoms with Crippen molar-refractivity contribution in [2.75, 3.05) is 20.3 Å². The molecule has 2 heterocycles.